The summed E-state index contributed by atoms with van der Waals surface area (Å²) in [7, 11) is 0. The Morgan fingerprint density at radius 2 is 0.786 bits per heavy atom. The third-order valence-corrected chi connectivity index (χ3v) is 2.34. The zero-order valence-corrected chi connectivity index (χ0v) is 20.4. The largest absolute Gasteiger partial charge is 1.00 e. The van der Waals surface area contributed by atoms with Crippen LogP contribution < -0.4 is 64.8 Å². The van der Waals surface area contributed by atoms with Crippen LogP contribution in [0.25, 0.3) is 0 Å². The van der Waals surface area contributed by atoms with E-state index in [-0.39, 0.29) is 94.0 Å². The van der Waals surface area contributed by atoms with Crippen LogP contribution in [-0.4, -0.2) is 111 Å². The van der Waals surface area contributed by atoms with Gasteiger partial charge in [-0.3, -0.25) is 33.8 Å². The Hall–Kier alpha value is -0.480. The maximum absolute atomic E-state index is 10.6. The van der Waals surface area contributed by atoms with Gasteiger partial charge >= 0.3 is 89.0 Å². The summed E-state index contributed by atoms with van der Waals surface area (Å²) in [4.78, 5) is 53.6. The molecule has 13 nitrogen and oxygen atoms in total. The first kappa shape index (κ1) is 38.2. The van der Waals surface area contributed by atoms with Crippen molar-refractivity contribution in [1.29, 1.82) is 0 Å². The Balaban J connectivity index is -0.0000000948. The molecular formula is C12H24ClN3Na2O10. The first-order valence-electron chi connectivity index (χ1n) is 6.71. The zero-order chi connectivity index (χ0) is 20.0. The molecule has 0 aliphatic carbocycles. The molecule has 0 aromatic rings. The van der Waals surface area contributed by atoms with Crippen molar-refractivity contribution in [3.63, 3.8) is 0 Å². The van der Waals surface area contributed by atoms with Gasteiger partial charge in [0.2, 0.25) is 0 Å². The van der Waals surface area contributed by atoms with Crippen LogP contribution in [0.15, 0.2) is 0 Å². The monoisotopic (exact) mass is 451 g/mol. The smallest absolute Gasteiger partial charge is 1.00 e. The molecular weight excluding hydrogens is 428 g/mol. The van der Waals surface area contributed by atoms with E-state index in [1.807, 2.05) is 0 Å². The van der Waals surface area contributed by atoms with E-state index in [0.29, 0.717) is 0 Å². The van der Waals surface area contributed by atoms with Crippen LogP contribution in [0.1, 0.15) is 2.85 Å². The van der Waals surface area contributed by atoms with Crippen LogP contribution in [0.2, 0.25) is 0 Å². The summed E-state index contributed by atoms with van der Waals surface area (Å²) in [5.74, 6) is -5.88. The zero-order valence-electron chi connectivity index (χ0n) is 17.6. The molecule has 0 heterocycles. The Morgan fingerprint density at radius 1 is 0.607 bits per heavy atom. The number of rotatable bonds is 12. The second-order valence-electron chi connectivity index (χ2n) is 4.59. The molecule has 0 bridgehead atoms. The number of nitrogens with zero attached hydrogens (tertiary/aromatic N) is 2. The molecule has 0 rings (SSSR count). The molecule has 0 saturated heterocycles. The minimum Gasteiger partial charge on any atom is -1.00 e. The van der Waals surface area contributed by atoms with Gasteiger partial charge in [0.1, 0.15) is 0 Å². The van der Waals surface area contributed by atoms with Crippen LogP contribution >= 0.6 is 12.4 Å². The molecule has 0 unspecified atom stereocenters. The van der Waals surface area contributed by atoms with Crippen molar-refractivity contribution in [3.05, 3.63) is 0 Å². The molecule has 0 aromatic heterocycles. The van der Waals surface area contributed by atoms with Gasteiger partial charge in [0.05, 0.1) is 32.7 Å². The summed E-state index contributed by atoms with van der Waals surface area (Å²) in [6.07, 6.45) is 0. The number of hydrogen-bond acceptors (Lipinski definition) is 8. The van der Waals surface area contributed by atoms with E-state index >= 15 is 0 Å². The van der Waals surface area contributed by atoms with Crippen molar-refractivity contribution in [1.82, 2.24) is 9.80 Å². The number of aliphatic carboxylic acids is 5. The molecule has 28 heavy (non-hydrogen) atoms. The van der Waals surface area contributed by atoms with Crippen LogP contribution in [0.5, 0.6) is 0 Å². The third kappa shape index (κ3) is 30.3. The van der Waals surface area contributed by atoms with Crippen molar-refractivity contribution in [2.24, 2.45) is 5.73 Å². The quantitative estimate of drug-likeness (QED) is 0.152. The molecule has 0 amide bonds. The molecule has 0 fully saturated rings. The van der Waals surface area contributed by atoms with Crippen LogP contribution in [0.4, 0.5) is 0 Å². The predicted molar refractivity (Wildman–Crippen MR) is 89.6 cm³/mol. The maximum atomic E-state index is 10.6. The van der Waals surface area contributed by atoms with Gasteiger partial charge in [-0.2, -0.15) is 0 Å². The Bertz CT molecular complexity index is 441. The SMILES string of the molecule is Cl.NCC(=O)O.O=C(O)CN(CCN(CC(=O)O)CC(=O)O)CC(=O)O.[H-].[H-].[Na+].[Na+]. The molecule has 0 aromatic carbocycles. The van der Waals surface area contributed by atoms with E-state index in [9.17, 15) is 24.0 Å². The number of carboxylic acid groups (broad SMARTS) is 5. The van der Waals surface area contributed by atoms with Crippen LogP contribution in [-0.2, 0) is 24.0 Å². The molecule has 0 aliphatic heterocycles. The van der Waals surface area contributed by atoms with Gasteiger partial charge in [0, 0.05) is 13.1 Å². The summed E-state index contributed by atoms with van der Waals surface area (Å²) in [6, 6.07) is 0. The number of carbonyl (C=O) groups is 5. The van der Waals surface area contributed by atoms with Crippen molar-refractivity contribution in [2.45, 2.75) is 0 Å². The van der Waals surface area contributed by atoms with E-state index in [1.54, 1.807) is 0 Å². The summed E-state index contributed by atoms with van der Waals surface area (Å²) in [6.45, 7) is -2.53. The van der Waals surface area contributed by atoms with E-state index in [1.165, 1.54) is 0 Å². The molecule has 0 aliphatic rings. The Morgan fingerprint density at radius 3 is 0.893 bits per heavy atom. The first-order chi connectivity index (χ1) is 11.5. The Labute approximate surface area is 213 Å². The molecule has 0 saturated carbocycles. The molecule has 0 radical (unpaired) electrons. The van der Waals surface area contributed by atoms with Gasteiger partial charge in [-0.05, 0) is 0 Å². The van der Waals surface area contributed by atoms with Crippen molar-refractivity contribution in [3.8, 4) is 0 Å². The second kappa shape index (κ2) is 22.8. The van der Waals surface area contributed by atoms with Crippen molar-refractivity contribution < 1.29 is 111 Å². The van der Waals surface area contributed by atoms with Crippen molar-refractivity contribution >= 4 is 42.3 Å². The maximum Gasteiger partial charge on any atom is 1.00 e. The molecule has 0 spiro atoms. The average Bonchev–Trinajstić information content (AvgIpc) is 2.42. The summed E-state index contributed by atoms with van der Waals surface area (Å²) < 4.78 is 0. The van der Waals surface area contributed by atoms with Gasteiger partial charge in [-0.25, -0.2) is 0 Å². The van der Waals surface area contributed by atoms with E-state index < -0.39 is 56.0 Å². The minimum absolute atomic E-state index is 0. The summed E-state index contributed by atoms with van der Waals surface area (Å²) >= 11 is 0. The van der Waals surface area contributed by atoms with Gasteiger partial charge in [-0.15, -0.1) is 12.4 Å². The number of carboxylic acids is 5. The summed E-state index contributed by atoms with van der Waals surface area (Å²) in [5, 5.41) is 42.1. The predicted octanol–water partition coefficient (Wildman–Crippen LogP) is -8.39. The standard InChI is InChI=1S/C10H16N2O8.C2H5NO2.ClH.2Na.2H/c13-7(14)3-11(4-8(15)16)1-2-12(5-9(17)18)6-10(19)20;3-1-2(4)5;;;;;/h1-6H2,(H,13,14)(H,15,16)(H,17,18)(H,19,20);1,3H2,(H,4,5);1H;;;;/q;;;2*+1;2*-1. The van der Waals surface area contributed by atoms with Gasteiger partial charge in [0.15, 0.2) is 0 Å². The first-order valence-corrected chi connectivity index (χ1v) is 6.71. The van der Waals surface area contributed by atoms with E-state index in [4.69, 9.17) is 25.5 Å². The number of hydrogen-bond donors (Lipinski definition) is 6. The van der Waals surface area contributed by atoms with E-state index in [2.05, 4.69) is 5.73 Å². The van der Waals surface area contributed by atoms with E-state index in [0.717, 1.165) is 9.80 Å². The van der Waals surface area contributed by atoms with Crippen molar-refractivity contribution in [2.75, 3.05) is 45.8 Å². The number of nitrogens with two attached hydrogens (primary N) is 1. The average molecular weight is 452 g/mol. The molecule has 7 N–H and O–H groups in total. The Kier molecular flexibility index (Phi) is 31.1. The molecule has 16 heteroatoms. The van der Waals surface area contributed by atoms with Gasteiger partial charge in [0.25, 0.3) is 0 Å². The topological polar surface area (TPSA) is 219 Å². The molecule has 156 valence electrons. The fraction of sp³-hybridized carbons (Fsp3) is 0.583. The fourth-order valence-corrected chi connectivity index (χ4v) is 1.48. The summed E-state index contributed by atoms with van der Waals surface area (Å²) in [5.41, 5.74) is 4.57. The minimum atomic E-state index is -1.23. The van der Waals surface area contributed by atoms with Crippen LogP contribution in [0, 0.1) is 0 Å². The fourth-order valence-electron chi connectivity index (χ4n) is 1.48. The van der Waals surface area contributed by atoms with Crippen LogP contribution in [0.3, 0.4) is 0 Å². The third-order valence-electron chi connectivity index (χ3n) is 2.34. The second-order valence-corrected chi connectivity index (χ2v) is 4.59. The number of halogens is 1. The van der Waals surface area contributed by atoms with Gasteiger partial charge < -0.3 is 34.1 Å². The molecule has 0 atom stereocenters. The van der Waals surface area contributed by atoms with Gasteiger partial charge in [-0.1, -0.05) is 0 Å². The normalized spacial score (nSPS) is 8.96.